The van der Waals surface area contributed by atoms with Crippen LogP contribution in [0.4, 0.5) is 0 Å². The number of benzene rings is 3. The molecule has 0 amide bonds. The van der Waals surface area contributed by atoms with E-state index < -0.39 is 0 Å². The molecule has 114 valence electrons. The molecular weight excluding hydrogens is 298 g/mol. The van der Waals surface area contributed by atoms with E-state index in [1.54, 1.807) is 12.1 Å². The summed E-state index contributed by atoms with van der Waals surface area (Å²) in [6, 6.07) is 20.6. The quantitative estimate of drug-likeness (QED) is 0.476. The van der Waals surface area contributed by atoms with E-state index in [1.807, 2.05) is 54.6 Å². The summed E-state index contributed by atoms with van der Waals surface area (Å²) in [5.41, 5.74) is 2.32. The molecule has 0 N–H and O–H groups in total. The summed E-state index contributed by atoms with van der Waals surface area (Å²) in [6.45, 7) is 0. The Balaban J connectivity index is 2.16. The molecule has 4 aromatic rings. The molecule has 0 saturated heterocycles. The van der Waals surface area contributed by atoms with Gasteiger partial charge < -0.3 is 0 Å². The predicted molar refractivity (Wildman–Crippen MR) is 96.1 cm³/mol. The fourth-order valence-electron chi connectivity index (χ4n) is 3.79. The third-order valence-corrected chi connectivity index (χ3v) is 4.81. The van der Waals surface area contributed by atoms with Crippen molar-refractivity contribution >= 4 is 21.5 Å². The van der Waals surface area contributed by atoms with Gasteiger partial charge in [0.1, 0.15) is 0 Å². The van der Waals surface area contributed by atoms with E-state index in [9.17, 15) is 9.59 Å². The second-order valence-corrected chi connectivity index (χ2v) is 6.14. The Morgan fingerprint density at radius 2 is 1.17 bits per heavy atom. The summed E-state index contributed by atoms with van der Waals surface area (Å²) >= 11 is 0. The molecule has 24 heavy (non-hydrogen) atoms. The average molecular weight is 311 g/mol. The fraction of sp³-hybridized carbons (Fsp3) is 0.0476. The van der Waals surface area contributed by atoms with Crippen LogP contribution >= 0.6 is 0 Å². The first kappa shape index (κ1) is 13.3. The Bertz CT molecular complexity index is 1180. The van der Waals surface area contributed by atoms with Crippen LogP contribution in [0.15, 0.2) is 76.3 Å². The van der Waals surface area contributed by atoms with Crippen molar-refractivity contribution in [2.24, 2.45) is 0 Å². The molecule has 0 radical (unpaired) electrons. The van der Waals surface area contributed by atoms with Crippen LogP contribution < -0.4 is 11.1 Å². The van der Waals surface area contributed by atoms with E-state index in [1.165, 1.54) is 4.57 Å². The highest BCUT2D eigenvalue weighted by molar-refractivity contribution is 6.11. The van der Waals surface area contributed by atoms with Crippen LogP contribution in [-0.2, 0) is 6.42 Å². The molecule has 1 aromatic heterocycles. The first-order chi connectivity index (χ1) is 11.8. The van der Waals surface area contributed by atoms with Crippen molar-refractivity contribution in [1.29, 1.82) is 0 Å². The third kappa shape index (κ3) is 1.61. The number of para-hydroxylation sites is 1. The van der Waals surface area contributed by atoms with Crippen LogP contribution in [-0.4, -0.2) is 4.57 Å². The summed E-state index contributed by atoms with van der Waals surface area (Å²) in [5.74, 6) is 0. The number of nitrogens with zero attached hydrogens (tertiary/aromatic N) is 1. The molecule has 1 heterocycles. The Labute approximate surface area is 137 Å². The summed E-state index contributed by atoms with van der Waals surface area (Å²) in [5, 5.41) is 3.07. The molecule has 1 aliphatic carbocycles. The lowest BCUT2D eigenvalue weighted by molar-refractivity contribution is 0.975. The molecule has 3 aromatic carbocycles. The van der Waals surface area contributed by atoms with Crippen molar-refractivity contribution in [3.05, 3.63) is 98.6 Å². The Morgan fingerprint density at radius 3 is 1.71 bits per heavy atom. The zero-order valence-electron chi connectivity index (χ0n) is 12.8. The minimum Gasteiger partial charge on any atom is -0.268 e. The smallest absolute Gasteiger partial charge is 0.265 e. The minimum atomic E-state index is -0.257. The molecule has 0 atom stereocenters. The van der Waals surface area contributed by atoms with Gasteiger partial charge in [0, 0.05) is 10.8 Å². The number of hydrogen-bond acceptors (Lipinski definition) is 2. The molecule has 3 nitrogen and oxygen atoms in total. The highest BCUT2D eigenvalue weighted by Crippen LogP contribution is 2.34. The minimum absolute atomic E-state index is 0.257. The molecule has 1 aliphatic rings. The van der Waals surface area contributed by atoms with E-state index in [4.69, 9.17) is 0 Å². The van der Waals surface area contributed by atoms with Crippen molar-refractivity contribution in [1.82, 2.24) is 4.57 Å². The summed E-state index contributed by atoms with van der Waals surface area (Å²) in [7, 11) is 0. The zero-order valence-corrected chi connectivity index (χ0v) is 12.8. The van der Waals surface area contributed by atoms with E-state index in [0.29, 0.717) is 16.5 Å². The fourth-order valence-corrected chi connectivity index (χ4v) is 3.79. The summed E-state index contributed by atoms with van der Waals surface area (Å²) in [6.07, 6.45) is 0.776. The molecule has 0 aliphatic heterocycles. The van der Waals surface area contributed by atoms with Gasteiger partial charge in [0.05, 0.1) is 5.69 Å². The highest BCUT2D eigenvalue weighted by atomic mass is 16.2. The van der Waals surface area contributed by atoms with Gasteiger partial charge in [-0.15, -0.1) is 0 Å². The van der Waals surface area contributed by atoms with E-state index in [2.05, 4.69) is 0 Å². The predicted octanol–water partition coefficient (Wildman–Crippen LogP) is 3.41. The molecule has 0 unspecified atom stereocenters. The second kappa shape index (κ2) is 4.65. The lowest BCUT2D eigenvalue weighted by Crippen LogP contribution is -2.28. The third-order valence-electron chi connectivity index (χ3n) is 4.81. The number of hydrogen-bond donors (Lipinski definition) is 0. The van der Waals surface area contributed by atoms with Gasteiger partial charge in [0.25, 0.3) is 11.1 Å². The van der Waals surface area contributed by atoms with Crippen LogP contribution in [0.3, 0.4) is 0 Å². The van der Waals surface area contributed by atoms with Gasteiger partial charge in [0.2, 0.25) is 0 Å². The maximum absolute atomic E-state index is 13.2. The maximum Gasteiger partial charge on any atom is 0.265 e. The highest BCUT2D eigenvalue weighted by Gasteiger charge is 2.21. The Hall–Kier alpha value is -3.20. The van der Waals surface area contributed by atoms with Gasteiger partial charge in [-0.1, -0.05) is 42.5 Å². The molecule has 0 bridgehead atoms. The second-order valence-electron chi connectivity index (χ2n) is 6.14. The van der Waals surface area contributed by atoms with Gasteiger partial charge in [-0.05, 0) is 52.6 Å². The largest absolute Gasteiger partial charge is 0.268 e. The summed E-state index contributed by atoms with van der Waals surface area (Å²) < 4.78 is 1.30. The zero-order chi connectivity index (χ0) is 16.3. The molecule has 3 heteroatoms. The number of aromatic nitrogens is 1. The molecule has 0 saturated carbocycles. The SMILES string of the molecule is O=c1c2cccc3c2c2c(cccc2c(=O)n1-c1ccccc1)C3. The molecule has 5 rings (SSSR count). The van der Waals surface area contributed by atoms with Crippen LogP contribution in [0.25, 0.3) is 27.2 Å². The number of rotatable bonds is 1. The van der Waals surface area contributed by atoms with Gasteiger partial charge in [-0.3, -0.25) is 9.59 Å². The lowest BCUT2D eigenvalue weighted by atomic mass is 10.1. The van der Waals surface area contributed by atoms with Crippen LogP contribution in [0.2, 0.25) is 0 Å². The molecule has 0 spiro atoms. The van der Waals surface area contributed by atoms with E-state index >= 15 is 0 Å². The van der Waals surface area contributed by atoms with Crippen LogP contribution in [0.5, 0.6) is 0 Å². The topological polar surface area (TPSA) is 39.1 Å². The van der Waals surface area contributed by atoms with Crippen LogP contribution in [0.1, 0.15) is 11.1 Å². The standard InChI is InChI=1S/C21H13NO2/c23-20-16-10-4-6-13-12-14-7-5-11-17(19(14)18(13)16)21(24)22(20)15-8-2-1-3-9-15/h1-11H,12H2. The first-order valence-corrected chi connectivity index (χ1v) is 7.93. The van der Waals surface area contributed by atoms with Crippen molar-refractivity contribution < 1.29 is 0 Å². The molecular formula is C21H13NO2. The van der Waals surface area contributed by atoms with Crippen molar-refractivity contribution in [2.75, 3.05) is 0 Å². The van der Waals surface area contributed by atoms with E-state index in [-0.39, 0.29) is 11.1 Å². The van der Waals surface area contributed by atoms with Gasteiger partial charge in [-0.2, -0.15) is 0 Å². The Morgan fingerprint density at radius 1 is 0.625 bits per heavy atom. The van der Waals surface area contributed by atoms with Crippen molar-refractivity contribution in [3.8, 4) is 5.69 Å². The maximum atomic E-state index is 13.2. The first-order valence-electron chi connectivity index (χ1n) is 7.93. The van der Waals surface area contributed by atoms with Gasteiger partial charge >= 0.3 is 0 Å². The Kier molecular flexibility index (Phi) is 2.57. The lowest BCUT2D eigenvalue weighted by Gasteiger charge is -2.03. The van der Waals surface area contributed by atoms with E-state index in [0.717, 1.165) is 28.3 Å². The average Bonchev–Trinajstić information content (AvgIpc) is 2.97. The monoisotopic (exact) mass is 311 g/mol. The van der Waals surface area contributed by atoms with Gasteiger partial charge in [0.15, 0.2) is 0 Å². The van der Waals surface area contributed by atoms with Gasteiger partial charge in [-0.25, -0.2) is 4.57 Å². The van der Waals surface area contributed by atoms with Crippen LogP contribution in [0, 0.1) is 0 Å². The summed E-state index contributed by atoms with van der Waals surface area (Å²) in [4.78, 5) is 26.4. The van der Waals surface area contributed by atoms with Crippen molar-refractivity contribution in [3.63, 3.8) is 0 Å². The van der Waals surface area contributed by atoms with Crippen molar-refractivity contribution in [2.45, 2.75) is 6.42 Å². The normalized spacial score (nSPS) is 12.3. The molecule has 0 fully saturated rings.